The zero-order chi connectivity index (χ0) is 18.7. The predicted octanol–water partition coefficient (Wildman–Crippen LogP) is 2.39. The first-order valence-corrected chi connectivity index (χ1v) is 5.72. The van der Waals surface area contributed by atoms with E-state index in [1.54, 1.807) is 0 Å². The van der Waals surface area contributed by atoms with Crippen molar-refractivity contribution in [2.24, 2.45) is 0 Å². The lowest BCUT2D eigenvalue weighted by molar-refractivity contribution is -0.207. The van der Waals surface area contributed by atoms with Gasteiger partial charge in [-0.15, -0.1) is 0 Å². The first-order valence-electron chi connectivity index (χ1n) is 5.72. The molecule has 0 amide bonds. The van der Waals surface area contributed by atoms with Crippen LogP contribution < -0.4 is 4.74 Å². The standard InChI is InChI=1S/C12H6F6O6/c13-11(14,15)9(21)23-6-3-1-2-5(4-6)7(8(19)20)24-10(22)12(16,17)18/h1-4,7H,(H,19,20). The minimum absolute atomic E-state index is 0.520. The van der Waals surface area contributed by atoms with Crippen molar-refractivity contribution in [3.05, 3.63) is 29.8 Å². The van der Waals surface area contributed by atoms with E-state index in [2.05, 4.69) is 9.47 Å². The van der Waals surface area contributed by atoms with E-state index in [0.717, 1.165) is 18.2 Å². The smallest absolute Gasteiger partial charge is 0.478 e. The summed E-state index contributed by atoms with van der Waals surface area (Å²) in [6, 6.07) is 3.09. The van der Waals surface area contributed by atoms with E-state index in [9.17, 15) is 40.7 Å². The molecule has 0 bridgehead atoms. The van der Waals surface area contributed by atoms with Crippen molar-refractivity contribution in [2.75, 3.05) is 0 Å². The fraction of sp³-hybridized carbons (Fsp3) is 0.250. The second-order valence-corrected chi connectivity index (χ2v) is 4.08. The average Bonchev–Trinajstić information content (AvgIpc) is 2.42. The van der Waals surface area contributed by atoms with Crippen LogP contribution in [0.15, 0.2) is 24.3 Å². The van der Waals surface area contributed by atoms with Gasteiger partial charge in [-0.25, -0.2) is 14.4 Å². The number of halogens is 6. The Bertz CT molecular complexity index is 650. The van der Waals surface area contributed by atoms with Gasteiger partial charge in [0.15, 0.2) is 0 Å². The first-order chi connectivity index (χ1) is 10.8. The lowest BCUT2D eigenvalue weighted by Gasteiger charge is -2.16. The number of alkyl halides is 6. The molecule has 24 heavy (non-hydrogen) atoms. The third-order valence-electron chi connectivity index (χ3n) is 2.28. The molecular weight excluding hydrogens is 354 g/mol. The van der Waals surface area contributed by atoms with Crippen molar-refractivity contribution in [3.63, 3.8) is 0 Å². The van der Waals surface area contributed by atoms with Crippen LogP contribution in [0.1, 0.15) is 11.7 Å². The lowest BCUT2D eigenvalue weighted by Crippen LogP contribution is -2.30. The van der Waals surface area contributed by atoms with Crippen LogP contribution in [-0.4, -0.2) is 35.4 Å². The molecule has 0 saturated carbocycles. The summed E-state index contributed by atoms with van der Waals surface area (Å²) >= 11 is 0. The maximum absolute atomic E-state index is 12.1. The minimum Gasteiger partial charge on any atom is -0.478 e. The number of carboxylic acid groups (broad SMARTS) is 1. The molecule has 1 atom stereocenters. The highest BCUT2D eigenvalue weighted by molar-refractivity contribution is 5.82. The van der Waals surface area contributed by atoms with Gasteiger partial charge in [0, 0.05) is 5.56 Å². The molecule has 1 rings (SSSR count). The molecule has 0 aliphatic heterocycles. The molecule has 6 nitrogen and oxygen atoms in total. The number of ether oxygens (including phenoxy) is 2. The summed E-state index contributed by atoms with van der Waals surface area (Å²) in [6.45, 7) is 0. The number of benzene rings is 1. The second kappa shape index (κ2) is 6.76. The molecule has 1 aromatic rings. The highest BCUT2D eigenvalue weighted by Gasteiger charge is 2.44. The van der Waals surface area contributed by atoms with Crippen LogP contribution in [0, 0.1) is 0 Å². The number of carboxylic acids is 1. The van der Waals surface area contributed by atoms with Crippen LogP contribution in [0.4, 0.5) is 26.3 Å². The maximum Gasteiger partial charge on any atom is 0.491 e. The lowest BCUT2D eigenvalue weighted by atomic mass is 10.1. The van der Waals surface area contributed by atoms with Gasteiger partial charge in [-0.05, 0) is 12.1 Å². The zero-order valence-electron chi connectivity index (χ0n) is 11.1. The Morgan fingerprint density at radius 1 is 0.958 bits per heavy atom. The van der Waals surface area contributed by atoms with Gasteiger partial charge in [-0.1, -0.05) is 12.1 Å². The van der Waals surface area contributed by atoms with E-state index in [-0.39, 0.29) is 0 Å². The van der Waals surface area contributed by atoms with E-state index in [0.29, 0.717) is 6.07 Å². The number of aliphatic carboxylic acids is 1. The quantitative estimate of drug-likeness (QED) is 0.504. The Balaban J connectivity index is 3.05. The van der Waals surface area contributed by atoms with Crippen LogP contribution in [0.3, 0.4) is 0 Å². The van der Waals surface area contributed by atoms with Crippen LogP contribution in [-0.2, 0) is 19.1 Å². The summed E-state index contributed by atoms with van der Waals surface area (Å²) in [5, 5.41) is 8.81. The largest absolute Gasteiger partial charge is 0.491 e. The van der Waals surface area contributed by atoms with Crippen LogP contribution in [0.5, 0.6) is 5.75 Å². The second-order valence-electron chi connectivity index (χ2n) is 4.08. The van der Waals surface area contributed by atoms with Crippen molar-refractivity contribution in [2.45, 2.75) is 18.5 Å². The van der Waals surface area contributed by atoms with Gasteiger partial charge in [-0.3, -0.25) is 0 Å². The topological polar surface area (TPSA) is 89.9 Å². The molecule has 0 saturated heterocycles. The summed E-state index contributed by atoms with van der Waals surface area (Å²) < 4.78 is 80.2. The number of carbonyl (C=O) groups is 3. The zero-order valence-corrected chi connectivity index (χ0v) is 11.1. The third kappa shape index (κ3) is 5.14. The number of hydrogen-bond acceptors (Lipinski definition) is 5. The fourth-order valence-electron chi connectivity index (χ4n) is 1.34. The first kappa shape index (κ1) is 19.3. The number of esters is 2. The molecule has 0 aromatic heterocycles. The predicted molar refractivity (Wildman–Crippen MR) is 60.7 cm³/mol. The van der Waals surface area contributed by atoms with Gasteiger partial charge in [0.25, 0.3) is 0 Å². The molecule has 0 spiro atoms. The SMILES string of the molecule is O=C(O)C(OC(=O)C(F)(F)F)c1cccc(OC(=O)C(F)(F)F)c1. The van der Waals surface area contributed by atoms with Crippen molar-refractivity contribution in [3.8, 4) is 5.75 Å². The highest BCUT2D eigenvalue weighted by atomic mass is 19.4. The van der Waals surface area contributed by atoms with Crippen molar-refractivity contribution >= 4 is 17.9 Å². The maximum atomic E-state index is 12.1. The highest BCUT2D eigenvalue weighted by Crippen LogP contribution is 2.27. The Morgan fingerprint density at radius 3 is 1.96 bits per heavy atom. The summed E-state index contributed by atoms with van der Waals surface area (Å²) in [5.41, 5.74) is -0.646. The van der Waals surface area contributed by atoms with E-state index >= 15 is 0 Å². The molecule has 1 aromatic carbocycles. The Hall–Kier alpha value is -2.79. The molecule has 0 fully saturated rings. The van der Waals surface area contributed by atoms with Crippen LogP contribution in [0.25, 0.3) is 0 Å². The Labute approximate surface area is 128 Å². The number of hydrogen-bond donors (Lipinski definition) is 1. The Morgan fingerprint density at radius 2 is 1.50 bits per heavy atom. The molecule has 0 radical (unpaired) electrons. The van der Waals surface area contributed by atoms with Gasteiger partial charge in [0.1, 0.15) is 5.75 Å². The third-order valence-corrected chi connectivity index (χ3v) is 2.28. The monoisotopic (exact) mass is 360 g/mol. The van der Waals surface area contributed by atoms with Crippen LogP contribution >= 0.6 is 0 Å². The van der Waals surface area contributed by atoms with Crippen molar-refractivity contribution < 1.29 is 55.3 Å². The van der Waals surface area contributed by atoms with E-state index in [1.807, 2.05) is 0 Å². The van der Waals surface area contributed by atoms with Gasteiger partial charge >= 0.3 is 30.3 Å². The summed E-state index contributed by atoms with van der Waals surface area (Å²) in [7, 11) is 0. The molecule has 0 aliphatic carbocycles. The molecule has 1 unspecified atom stereocenters. The van der Waals surface area contributed by atoms with E-state index in [1.165, 1.54) is 0 Å². The number of rotatable bonds is 4. The molecule has 12 heteroatoms. The van der Waals surface area contributed by atoms with E-state index in [4.69, 9.17) is 5.11 Å². The molecule has 0 heterocycles. The average molecular weight is 360 g/mol. The van der Waals surface area contributed by atoms with Gasteiger partial charge in [0.05, 0.1) is 0 Å². The summed E-state index contributed by atoms with van der Waals surface area (Å²) in [4.78, 5) is 32.3. The van der Waals surface area contributed by atoms with Gasteiger partial charge in [-0.2, -0.15) is 26.3 Å². The number of carbonyl (C=O) groups excluding carboxylic acids is 2. The normalized spacial score (nSPS) is 13.1. The minimum atomic E-state index is -5.48. The van der Waals surface area contributed by atoms with Gasteiger partial charge < -0.3 is 14.6 Å². The Kier molecular flexibility index (Phi) is 5.43. The fourth-order valence-corrected chi connectivity index (χ4v) is 1.34. The van der Waals surface area contributed by atoms with Crippen molar-refractivity contribution in [1.29, 1.82) is 0 Å². The molecule has 0 aliphatic rings. The molecule has 132 valence electrons. The van der Waals surface area contributed by atoms with Crippen LogP contribution in [0.2, 0.25) is 0 Å². The summed E-state index contributed by atoms with van der Waals surface area (Å²) in [6.07, 6.45) is -13.3. The van der Waals surface area contributed by atoms with Gasteiger partial charge in [0.2, 0.25) is 6.10 Å². The molecular formula is C12H6F6O6. The summed E-state index contributed by atoms with van der Waals surface area (Å²) in [5.74, 6) is -8.26. The molecule has 1 N–H and O–H groups in total. The van der Waals surface area contributed by atoms with E-state index < -0.39 is 47.7 Å². The van der Waals surface area contributed by atoms with Crippen molar-refractivity contribution in [1.82, 2.24) is 0 Å².